The third-order valence-corrected chi connectivity index (χ3v) is 2.79. The summed E-state index contributed by atoms with van der Waals surface area (Å²) >= 11 is 0. The van der Waals surface area contributed by atoms with Gasteiger partial charge in [0.25, 0.3) is 0 Å². The number of hydrogen-bond acceptors (Lipinski definition) is 3. The Morgan fingerprint density at radius 3 is 2.57 bits per heavy atom. The van der Waals surface area contributed by atoms with Crippen molar-refractivity contribution in [2.75, 3.05) is 7.11 Å². The van der Waals surface area contributed by atoms with Crippen LogP contribution in [0.2, 0.25) is 0 Å². The Balaban J connectivity index is 0.00000220. The predicted octanol–water partition coefficient (Wildman–Crippen LogP) is -0.324. The van der Waals surface area contributed by atoms with Gasteiger partial charge in [-0.1, -0.05) is 6.07 Å². The summed E-state index contributed by atoms with van der Waals surface area (Å²) in [5.74, 6) is 2.10. The molecule has 0 aliphatic heterocycles. The molecule has 1 heterocycles. The molecule has 0 bridgehead atoms. The van der Waals surface area contributed by atoms with Gasteiger partial charge in [-0.3, -0.25) is 4.79 Å². The van der Waals surface area contributed by atoms with Crippen LogP contribution < -0.4 is 38.0 Å². The van der Waals surface area contributed by atoms with Crippen molar-refractivity contribution in [2.45, 2.75) is 20.4 Å². The number of hydrogen-bond donors (Lipinski definition) is 0. The maximum atomic E-state index is 11.3. The largest absolute Gasteiger partial charge is 1.00 e. The second-order valence-corrected chi connectivity index (χ2v) is 4.66. The number of methoxy groups -OCH3 is 1. The molecular weight excluding hydrogens is 381 g/mol. The van der Waals surface area contributed by atoms with Crippen LogP contribution in [0.4, 0.5) is 0 Å². The van der Waals surface area contributed by atoms with E-state index >= 15 is 0 Å². The van der Waals surface area contributed by atoms with Gasteiger partial charge in [0.15, 0.2) is 12.0 Å². The van der Waals surface area contributed by atoms with E-state index in [1.54, 1.807) is 24.7 Å². The van der Waals surface area contributed by atoms with E-state index in [1.165, 1.54) is 0 Å². The summed E-state index contributed by atoms with van der Waals surface area (Å²) in [6, 6.07) is 11.2. The monoisotopic (exact) mass is 399 g/mol. The van der Waals surface area contributed by atoms with Crippen molar-refractivity contribution in [2.24, 2.45) is 0 Å². The Kier molecular flexibility index (Phi) is 6.61. The SMILES string of the molecule is COc1cccc(Oc2ccc(C)c[n+]2CC(C)=O)c1.[I-]. The average molecular weight is 399 g/mol. The molecule has 0 aliphatic rings. The van der Waals surface area contributed by atoms with Crippen LogP contribution in [-0.2, 0) is 11.3 Å². The smallest absolute Gasteiger partial charge is 0.373 e. The number of ether oxygens (including phenoxy) is 2. The van der Waals surface area contributed by atoms with E-state index in [-0.39, 0.29) is 29.8 Å². The number of ketones is 1. The molecule has 0 unspecified atom stereocenters. The highest BCUT2D eigenvalue weighted by Crippen LogP contribution is 2.23. The Morgan fingerprint density at radius 2 is 1.90 bits per heavy atom. The lowest BCUT2D eigenvalue weighted by molar-refractivity contribution is -0.688. The van der Waals surface area contributed by atoms with Crippen LogP contribution in [-0.4, -0.2) is 12.9 Å². The highest BCUT2D eigenvalue weighted by Gasteiger charge is 2.15. The van der Waals surface area contributed by atoms with Crippen molar-refractivity contribution < 1.29 is 42.8 Å². The molecule has 0 saturated carbocycles. The van der Waals surface area contributed by atoms with Crippen LogP contribution in [0.1, 0.15) is 12.5 Å². The van der Waals surface area contributed by atoms with Gasteiger partial charge in [-0.2, -0.15) is 4.57 Å². The molecule has 5 heteroatoms. The lowest BCUT2D eigenvalue weighted by Gasteiger charge is -2.07. The maximum absolute atomic E-state index is 11.3. The molecule has 0 amide bonds. The summed E-state index contributed by atoms with van der Waals surface area (Å²) in [4.78, 5) is 11.3. The van der Waals surface area contributed by atoms with Gasteiger partial charge >= 0.3 is 5.88 Å². The quantitative estimate of drug-likeness (QED) is 0.511. The van der Waals surface area contributed by atoms with Gasteiger partial charge in [-0.25, -0.2) is 0 Å². The van der Waals surface area contributed by atoms with E-state index < -0.39 is 0 Å². The molecule has 2 aromatic rings. The average Bonchev–Trinajstić information content (AvgIpc) is 2.41. The third-order valence-electron chi connectivity index (χ3n) is 2.79. The topological polar surface area (TPSA) is 39.4 Å². The Bertz CT molecular complexity index is 629. The summed E-state index contributed by atoms with van der Waals surface area (Å²) < 4.78 is 12.8. The first-order valence-corrected chi connectivity index (χ1v) is 6.40. The standard InChI is InChI=1S/C16H18NO3.HI/c1-12-7-8-16(17(10-12)11-13(2)18)20-15-6-4-5-14(9-15)19-3;/h4-10H,11H2,1-3H3;1H/q+1;/p-1. The van der Waals surface area contributed by atoms with Crippen molar-refractivity contribution in [1.29, 1.82) is 0 Å². The fraction of sp³-hybridized carbons (Fsp3) is 0.250. The normalized spacial score (nSPS) is 9.67. The molecule has 1 aromatic heterocycles. The van der Waals surface area contributed by atoms with Crippen LogP contribution in [0.3, 0.4) is 0 Å². The molecule has 0 spiro atoms. The first-order chi connectivity index (χ1) is 9.58. The Labute approximate surface area is 141 Å². The zero-order valence-electron chi connectivity index (χ0n) is 12.3. The van der Waals surface area contributed by atoms with E-state index in [1.807, 2.05) is 43.5 Å². The summed E-state index contributed by atoms with van der Waals surface area (Å²) in [6.45, 7) is 3.83. The van der Waals surface area contributed by atoms with Crippen molar-refractivity contribution in [3.8, 4) is 17.4 Å². The maximum Gasteiger partial charge on any atom is 0.373 e. The number of halogens is 1. The molecule has 1 aromatic carbocycles. The van der Waals surface area contributed by atoms with Crippen LogP contribution in [0.5, 0.6) is 17.4 Å². The van der Waals surface area contributed by atoms with E-state index in [2.05, 4.69) is 0 Å². The van der Waals surface area contributed by atoms with Gasteiger partial charge in [0.2, 0.25) is 6.54 Å². The number of rotatable bonds is 5. The second kappa shape index (κ2) is 7.97. The van der Waals surface area contributed by atoms with Crippen LogP contribution >= 0.6 is 0 Å². The second-order valence-electron chi connectivity index (χ2n) is 4.66. The fourth-order valence-electron chi connectivity index (χ4n) is 1.89. The van der Waals surface area contributed by atoms with Crippen LogP contribution in [0.25, 0.3) is 0 Å². The molecule has 112 valence electrons. The number of aryl methyl sites for hydroxylation is 1. The Hall–Kier alpha value is -1.63. The molecule has 0 radical (unpaired) electrons. The lowest BCUT2D eigenvalue weighted by atomic mass is 10.3. The zero-order chi connectivity index (χ0) is 14.5. The summed E-state index contributed by atoms with van der Waals surface area (Å²) in [6.07, 6.45) is 1.90. The molecule has 0 N–H and O–H groups in total. The van der Waals surface area contributed by atoms with Crippen molar-refractivity contribution in [1.82, 2.24) is 0 Å². The highest BCUT2D eigenvalue weighted by molar-refractivity contribution is 5.73. The minimum Gasteiger partial charge on any atom is -1.00 e. The predicted molar refractivity (Wildman–Crippen MR) is 75.1 cm³/mol. The molecule has 4 nitrogen and oxygen atoms in total. The van der Waals surface area contributed by atoms with Gasteiger partial charge in [0, 0.05) is 18.6 Å². The van der Waals surface area contributed by atoms with Gasteiger partial charge in [0.1, 0.15) is 11.5 Å². The number of carbonyl (C=O) groups excluding carboxylic acids is 1. The number of Topliss-reactive ketones (excluding diaryl/α,β-unsaturated/α-hetero) is 1. The highest BCUT2D eigenvalue weighted by atomic mass is 127. The Morgan fingerprint density at radius 1 is 1.19 bits per heavy atom. The summed E-state index contributed by atoms with van der Waals surface area (Å²) in [7, 11) is 1.61. The molecule has 0 aliphatic carbocycles. The summed E-state index contributed by atoms with van der Waals surface area (Å²) in [5, 5.41) is 0. The third kappa shape index (κ3) is 5.00. The number of carbonyl (C=O) groups is 1. The van der Waals surface area contributed by atoms with Gasteiger partial charge in [0.05, 0.1) is 13.2 Å². The van der Waals surface area contributed by atoms with E-state index in [0.29, 0.717) is 18.2 Å². The molecule has 0 fully saturated rings. The summed E-state index contributed by atoms with van der Waals surface area (Å²) in [5.41, 5.74) is 1.07. The minimum absolute atomic E-state index is 0. The van der Waals surface area contributed by atoms with Crippen LogP contribution in [0.15, 0.2) is 42.6 Å². The van der Waals surface area contributed by atoms with E-state index in [4.69, 9.17) is 9.47 Å². The molecule has 0 atom stereocenters. The number of pyridine rings is 1. The molecule has 2 rings (SSSR count). The van der Waals surface area contributed by atoms with Crippen LogP contribution in [0, 0.1) is 6.92 Å². The van der Waals surface area contributed by atoms with E-state index in [0.717, 1.165) is 11.3 Å². The fourth-order valence-corrected chi connectivity index (χ4v) is 1.89. The number of benzene rings is 1. The van der Waals surface area contributed by atoms with Gasteiger partial charge < -0.3 is 33.5 Å². The number of nitrogens with zero attached hydrogens (tertiary/aromatic N) is 1. The van der Waals surface area contributed by atoms with Crippen molar-refractivity contribution >= 4 is 5.78 Å². The van der Waals surface area contributed by atoms with Gasteiger partial charge in [-0.05, 0) is 25.1 Å². The first kappa shape index (κ1) is 17.4. The van der Waals surface area contributed by atoms with Crippen molar-refractivity contribution in [3.05, 3.63) is 48.2 Å². The molecular formula is C16H18INO3. The molecule has 0 saturated heterocycles. The first-order valence-electron chi connectivity index (χ1n) is 6.40. The number of aromatic nitrogens is 1. The van der Waals surface area contributed by atoms with Gasteiger partial charge in [-0.15, -0.1) is 0 Å². The van der Waals surface area contributed by atoms with E-state index in [9.17, 15) is 4.79 Å². The van der Waals surface area contributed by atoms with Crippen molar-refractivity contribution in [3.63, 3.8) is 0 Å². The molecule has 21 heavy (non-hydrogen) atoms. The minimum atomic E-state index is 0. The lowest BCUT2D eigenvalue weighted by Crippen LogP contribution is -3.00. The zero-order valence-corrected chi connectivity index (χ0v) is 14.5.